The highest BCUT2D eigenvalue weighted by Crippen LogP contribution is 2.12. The number of amides is 1. The Labute approximate surface area is 104 Å². The largest absolute Gasteiger partial charge is 0.482 e. The van der Waals surface area contributed by atoms with Crippen molar-refractivity contribution in [2.75, 3.05) is 19.7 Å². The molecule has 6 heteroatoms. The molecule has 1 amide bonds. The highest BCUT2D eigenvalue weighted by molar-refractivity contribution is 5.87. The van der Waals surface area contributed by atoms with Gasteiger partial charge in [-0.05, 0) is 18.9 Å². The summed E-state index contributed by atoms with van der Waals surface area (Å²) in [7, 11) is 0. The van der Waals surface area contributed by atoms with Crippen LogP contribution in [-0.4, -0.2) is 46.6 Å². The quantitative estimate of drug-likeness (QED) is 0.854. The fourth-order valence-electron chi connectivity index (χ4n) is 1.82. The van der Waals surface area contributed by atoms with Crippen molar-refractivity contribution in [2.45, 2.75) is 12.8 Å². The van der Waals surface area contributed by atoms with Crippen LogP contribution < -0.4 is 4.74 Å². The Morgan fingerprint density at radius 1 is 1.33 bits per heavy atom. The molecule has 1 aliphatic rings. The second-order valence-corrected chi connectivity index (χ2v) is 4.09. The van der Waals surface area contributed by atoms with Crippen LogP contribution in [0.5, 0.6) is 5.75 Å². The molecule has 96 valence electrons. The molecule has 1 saturated heterocycles. The molecule has 1 aromatic heterocycles. The summed E-state index contributed by atoms with van der Waals surface area (Å²) >= 11 is 0. The van der Waals surface area contributed by atoms with Crippen LogP contribution in [0.2, 0.25) is 0 Å². The van der Waals surface area contributed by atoms with Crippen molar-refractivity contribution in [1.82, 2.24) is 9.88 Å². The highest BCUT2D eigenvalue weighted by Gasteiger charge is 2.18. The molecule has 2 rings (SSSR count). The molecule has 0 radical (unpaired) electrons. The van der Waals surface area contributed by atoms with Gasteiger partial charge in [-0.2, -0.15) is 0 Å². The van der Waals surface area contributed by atoms with Crippen molar-refractivity contribution in [3.05, 3.63) is 24.0 Å². The van der Waals surface area contributed by atoms with Gasteiger partial charge in [0.1, 0.15) is 5.75 Å². The molecule has 0 aromatic carbocycles. The Balaban J connectivity index is 1.91. The van der Waals surface area contributed by atoms with Gasteiger partial charge in [0.05, 0.1) is 11.8 Å². The van der Waals surface area contributed by atoms with Crippen molar-refractivity contribution in [3.63, 3.8) is 0 Å². The van der Waals surface area contributed by atoms with E-state index in [1.165, 1.54) is 18.5 Å². The Morgan fingerprint density at radius 3 is 2.72 bits per heavy atom. The first-order valence-corrected chi connectivity index (χ1v) is 5.76. The summed E-state index contributed by atoms with van der Waals surface area (Å²) in [6, 6.07) is 1.35. The molecular formula is C12H14N2O4. The Bertz CT molecular complexity index is 455. The third-order valence-electron chi connectivity index (χ3n) is 2.78. The smallest absolute Gasteiger partial charge is 0.337 e. The fraction of sp³-hybridized carbons (Fsp3) is 0.417. The van der Waals surface area contributed by atoms with Crippen LogP contribution >= 0.6 is 0 Å². The van der Waals surface area contributed by atoms with Gasteiger partial charge in [-0.3, -0.25) is 9.78 Å². The minimum absolute atomic E-state index is 0.0427. The van der Waals surface area contributed by atoms with Gasteiger partial charge >= 0.3 is 5.97 Å². The van der Waals surface area contributed by atoms with Crippen LogP contribution in [0.15, 0.2) is 18.5 Å². The maximum Gasteiger partial charge on any atom is 0.337 e. The summed E-state index contributed by atoms with van der Waals surface area (Å²) in [5.41, 5.74) is 0.0427. The summed E-state index contributed by atoms with van der Waals surface area (Å²) < 4.78 is 5.25. The van der Waals surface area contributed by atoms with Crippen LogP contribution in [-0.2, 0) is 4.79 Å². The van der Waals surface area contributed by atoms with E-state index in [9.17, 15) is 9.59 Å². The lowest BCUT2D eigenvalue weighted by Crippen LogP contribution is -2.32. The molecule has 0 bridgehead atoms. The lowest BCUT2D eigenvalue weighted by molar-refractivity contribution is -0.132. The van der Waals surface area contributed by atoms with Gasteiger partial charge in [0, 0.05) is 19.3 Å². The Hall–Kier alpha value is -2.11. The van der Waals surface area contributed by atoms with Gasteiger partial charge in [-0.1, -0.05) is 0 Å². The second kappa shape index (κ2) is 5.48. The SMILES string of the molecule is O=C(O)c1cncc(OCC(=O)N2CCCC2)c1. The van der Waals surface area contributed by atoms with E-state index in [4.69, 9.17) is 9.84 Å². The predicted molar refractivity (Wildman–Crippen MR) is 62.5 cm³/mol. The molecule has 0 spiro atoms. The zero-order chi connectivity index (χ0) is 13.0. The topological polar surface area (TPSA) is 79.7 Å². The van der Waals surface area contributed by atoms with Gasteiger partial charge in [0.2, 0.25) is 0 Å². The van der Waals surface area contributed by atoms with Crippen LogP contribution in [0.4, 0.5) is 0 Å². The molecule has 0 saturated carbocycles. The summed E-state index contributed by atoms with van der Waals surface area (Å²) in [6.07, 6.45) is 4.69. The van der Waals surface area contributed by atoms with E-state index in [0.29, 0.717) is 5.75 Å². The van der Waals surface area contributed by atoms with Gasteiger partial charge in [-0.25, -0.2) is 4.79 Å². The molecule has 0 atom stereocenters. The van der Waals surface area contributed by atoms with Gasteiger partial charge in [0.25, 0.3) is 5.91 Å². The summed E-state index contributed by atoms with van der Waals surface area (Å²) in [6.45, 7) is 1.47. The van der Waals surface area contributed by atoms with Crippen molar-refractivity contribution in [2.24, 2.45) is 0 Å². The van der Waals surface area contributed by atoms with Crippen molar-refractivity contribution < 1.29 is 19.4 Å². The molecular weight excluding hydrogens is 236 g/mol. The lowest BCUT2D eigenvalue weighted by Gasteiger charge is -2.15. The zero-order valence-electron chi connectivity index (χ0n) is 9.83. The zero-order valence-corrected chi connectivity index (χ0v) is 9.83. The maximum absolute atomic E-state index is 11.7. The molecule has 1 aliphatic heterocycles. The molecule has 0 aliphatic carbocycles. The second-order valence-electron chi connectivity index (χ2n) is 4.09. The first-order chi connectivity index (χ1) is 8.66. The third kappa shape index (κ3) is 2.97. The molecule has 18 heavy (non-hydrogen) atoms. The van der Waals surface area contributed by atoms with E-state index in [2.05, 4.69) is 4.98 Å². The van der Waals surface area contributed by atoms with Crippen molar-refractivity contribution in [1.29, 1.82) is 0 Å². The number of aromatic carboxylic acids is 1. The number of likely N-dealkylation sites (tertiary alicyclic amines) is 1. The number of carboxylic acids is 1. The minimum atomic E-state index is -1.07. The summed E-state index contributed by atoms with van der Waals surface area (Å²) in [5.74, 6) is -0.852. The van der Waals surface area contributed by atoms with Gasteiger partial charge in [-0.15, -0.1) is 0 Å². The number of nitrogens with zero attached hydrogens (tertiary/aromatic N) is 2. The first-order valence-electron chi connectivity index (χ1n) is 5.76. The average Bonchev–Trinajstić information content (AvgIpc) is 2.90. The molecule has 6 nitrogen and oxygen atoms in total. The number of hydrogen-bond donors (Lipinski definition) is 1. The Kier molecular flexibility index (Phi) is 3.76. The number of aromatic nitrogens is 1. The number of carbonyl (C=O) groups is 2. The van der Waals surface area contributed by atoms with Crippen LogP contribution in [0.25, 0.3) is 0 Å². The lowest BCUT2D eigenvalue weighted by atomic mass is 10.3. The molecule has 1 N–H and O–H groups in total. The Morgan fingerprint density at radius 2 is 2.06 bits per heavy atom. The number of carboxylic acid groups (broad SMARTS) is 1. The average molecular weight is 250 g/mol. The van der Waals surface area contributed by atoms with E-state index >= 15 is 0 Å². The van der Waals surface area contributed by atoms with E-state index in [0.717, 1.165) is 25.9 Å². The highest BCUT2D eigenvalue weighted by atomic mass is 16.5. The molecule has 1 aromatic rings. The van der Waals surface area contributed by atoms with E-state index < -0.39 is 5.97 Å². The van der Waals surface area contributed by atoms with E-state index in [-0.39, 0.29) is 18.1 Å². The van der Waals surface area contributed by atoms with Gasteiger partial charge in [0.15, 0.2) is 6.61 Å². The number of ether oxygens (including phenoxy) is 1. The maximum atomic E-state index is 11.7. The van der Waals surface area contributed by atoms with E-state index in [1.54, 1.807) is 4.90 Å². The van der Waals surface area contributed by atoms with Crippen molar-refractivity contribution >= 4 is 11.9 Å². The van der Waals surface area contributed by atoms with Crippen molar-refractivity contribution in [3.8, 4) is 5.75 Å². The van der Waals surface area contributed by atoms with Gasteiger partial charge < -0.3 is 14.7 Å². The van der Waals surface area contributed by atoms with Crippen LogP contribution in [0.3, 0.4) is 0 Å². The number of pyridine rings is 1. The molecule has 0 unspecified atom stereocenters. The van der Waals surface area contributed by atoms with Crippen LogP contribution in [0, 0.1) is 0 Å². The minimum Gasteiger partial charge on any atom is -0.482 e. The fourth-order valence-corrected chi connectivity index (χ4v) is 1.82. The standard InChI is InChI=1S/C12H14N2O4/c15-11(14-3-1-2-4-14)8-18-10-5-9(12(16)17)6-13-7-10/h5-7H,1-4,8H2,(H,16,17). The van der Waals surface area contributed by atoms with E-state index in [1.807, 2.05) is 0 Å². The van der Waals surface area contributed by atoms with Crippen LogP contribution in [0.1, 0.15) is 23.2 Å². The number of hydrogen-bond acceptors (Lipinski definition) is 4. The number of rotatable bonds is 4. The first kappa shape index (κ1) is 12.3. The third-order valence-corrected chi connectivity index (χ3v) is 2.78. The predicted octanol–water partition coefficient (Wildman–Crippen LogP) is 0.781. The number of carbonyl (C=O) groups excluding carboxylic acids is 1. The summed E-state index contributed by atoms with van der Waals surface area (Å²) in [5, 5.41) is 8.79. The monoisotopic (exact) mass is 250 g/mol. The molecule has 2 heterocycles. The molecule has 1 fully saturated rings. The summed E-state index contributed by atoms with van der Waals surface area (Å²) in [4.78, 5) is 27.9. The normalized spacial score (nSPS) is 14.6.